The fourth-order valence-corrected chi connectivity index (χ4v) is 2.12. The third-order valence-corrected chi connectivity index (χ3v) is 3.28. The Hall–Kier alpha value is -1.76. The van der Waals surface area contributed by atoms with Gasteiger partial charge in [-0.1, -0.05) is 12.2 Å². The van der Waals surface area contributed by atoms with Crippen LogP contribution in [-0.2, 0) is 4.79 Å². The van der Waals surface area contributed by atoms with Crippen molar-refractivity contribution in [3.05, 3.63) is 18.0 Å². The van der Waals surface area contributed by atoms with Crippen LogP contribution in [0.15, 0.2) is 12.3 Å². The summed E-state index contributed by atoms with van der Waals surface area (Å²) in [4.78, 5) is 24.2. The lowest BCUT2D eigenvalue weighted by Gasteiger charge is -2.21. The van der Waals surface area contributed by atoms with E-state index in [-0.39, 0.29) is 17.4 Å². The molecule has 1 saturated heterocycles. The van der Waals surface area contributed by atoms with Gasteiger partial charge in [0.05, 0.1) is 6.54 Å². The van der Waals surface area contributed by atoms with E-state index < -0.39 is 0 Å². The van der Waals surface area contributed by atoms with E-state index in [1.807, 2.05) is 4.90 Å². The van der Waals surface area contributed by atoms with Gasteiger partial charge in [-0.3, -0.25) is 4.79 Å². The maximum Gasteiger partial charge on any atom is 0.242 e. The highest BCUT2D eigenvalue weighted by Gasteiger charge is 2.20. The number of likely N-dealkylation sites (tertiary alicyclic amines) is 1. The number of likely N-dealkylation sites (N-methyl/N-ethyl adjacent to an activating group) is 1. The summed E-state index contributed by atoms with van der Waals surface area (Å²) in [7, 11) is 1.78. The average Bonchev–Trinajstić information content (AvgIpc) is 2.92. The highest BCUT2D eigenvalue weighted by molar-refractivity contribution is 7.80. The number of carbonyl (C=O) groups is 1. The van der Waals surface area contributed by atoms with E-state index in [4.69, 9.17) is 18.0 Å². The first-order valence-corrected chi connectivity index (χ1v) is 6.60. The standard InChI is InChI=1S/C12H17N5OS/c1-16(8-10(18)17-6-2-3-7-17)12-14-5-4-9(15-12)11(13)19/h4-5H,2-3,6-8H2,1H3,(H2,13,19). The lowest BCUT2D eigenvalue weighted by molar-refractivity contribution is -0.128. The van der Waals surface area contributed by atoms with Crippen LogP contribution in [0.25, 0.3) is 0 Å². The molecule has 2 heterocycles. The molecule has 1 amide bonds. The van der Waals surface area contributed by atoms with E-state index in [1.54, 1.807) is 24.2 Å². The molecule has 0 unspecified atom stereocenters. The molecule has 1 aliphatic rings. The summed E-state index contributed by atoms with van der Waals surface area (Å²) in [5.41, 5.74) is 6.05. The second-order valence-corrected chi connectivity index (χ2v) is 4.99. The molecular weight excluding hydrogens is 262 g/mol. The highest BCUT2D eigenvalue weighted by Crippen LogP contribution is 2.10. The molecule has 0 aromatic carbocycles. The normalized spacial score (nSPS) is 14.5. The Morgan fingerprint density at radius 3 is 2.84 bits per heavy atom. The number of nitrogens with two attached hydrogens (primary N) is 1. The van der Waals surface area contributed by atoms with Gasteiger partial charge in [-0.25, -0.2) is 9.97 Å². The number of amides is 1. The third kappa shape index (κ3) is 3.37. The van der Waals surface area contributed by atoms with Crippen molar-refractivity contribution >= 4 is 29.1 Å². The van der Waals surface area contributed by atoms with Crippen LogP contribution in [-0.4, -0.2) is 52.4 Å². The van der Waals surface area contributed by atoms with Crippen molar-refractivity contribution in [2.75, 3.05) is 31.6 Å². The van der Waals surface area contributed by atoms with Gasteiger partial charge in [0.15, 0.2) is 0 Å². The lowest BCUT2D eigenvalue weighted by Crippen LogP contribution is -2.38. The molecule has 0 bridgehead atoms. The number of hydrogen-bond acceptors (Lipinski definition) is 5. The number of aromatic nitrogens is 2. The smallest absolute Gasteiger partial charge is 0.242 e. The van der Waals surface area contributed by atoms with Crippen LogP contribution < -0.4 is 10.6 Å². The van der Waals surface area contributed by atoms with Crippen LogP contribution in [0.3, 0.4) is 0 Å². The molecule has 2 N–H and O–H groups in total. The molecule has 102 valence electrons. The van der Waals surface area contributed by atoms with Gasteiger partial charge in [-0.2, -0.15) is 0 Å². The molecule has 0 spiro atoms. The molecule has 1 fully saturated rings. The fourth-order valence-electron chi connectivity index (χ4n) is 2.01. The fraction of sp³-hybridized carbons (Fsp3) is 0.500. The second-order valence-electron chi connectivity index (χ2n) is 4.55. The maximum atomic E-state index is 12.0. The molecule has 6 nitrogen and oxygen atoms in total. The summed E-state index contributed by atoms with van der Waals surface area (Å²) >= 11 is 4.88. The number of thiocarbonyl (C=S) groups is 1. The molecular formula is C12H17N5OS. The van der Waals surface area contributed by atoms with Gasteiger partial charge in [0, 0.05) is 26.3 Å². The van der Waals surface area contributed by atoms with Gasteiger partial charge < -0.3 is 15.5 Å². The Balaban J connectivity index is 2.02. The largest absolute Gasteiger partial charge is 0.388 e. The van der Waals surface area contributed by atoms with Gasteiger partial charge in [0.25, 0.3) is 0 Å². The zero-order valence-corrected chi connectivity index (χ0v) is 11.7. The summed E-state index contributed by atoms with van der Waals surface area (Å²) in [5.74, 6) is 0.558. The molecule has 19 heavy (non-hydrogen) atoms. The zero-order valence-electron chi connectivity index (χ0n) is 10.9. The van der Waals surface area contributed by atoms with E-state index in [0.717, 1.165) is 25.9 Å². The van der Waals surface area contributed by atoms with Gasteiger partial charge in [0.1, 0.15) is 10.7 Å². The minimum Gasteiger partial charge on any atom is -0.388 e. The van der Waals surface area contributed by atoms with E-state index in [9.17, 15) is 4.79 Å². The molecule has 7 heteroatoms. The van der Waals surface area contributed by atoms with Crippen LogP contribution in [0.4, 0.5) is 5.95 Å². The van der Waals surface area contributed by atoms with Gasteiger partial charge in [-0.05, 0) is 18.9 Å². The summed E-state index contributed by atoms with van der Waals surface area (Å²) in [6.07, 6.45) is 3.76. The molecule has 0 aliphatic carbocycles. The van der Waals surface area contributed by atoms with Crippen molar-refractivity contribution in [1.29, 1.82) is 0 Å². The van der Waals surface area contributed by atoms with Crippen LogP contribution in [0.1, 0.15) is 18.5 Å². The summed E-state index contributed by atoms with van der Waals surface area (Å²) in [6.45, 7) is 1.96. The first-order chi connectivity index (χ1) is 9.08. The predicted molar refractivity (Wildman–Crippen MR) is 77.0 cm³/mol. The van der Waals surface area contributed by atoms with E-state index >= 15 is 0 Å². The van der Waals surface area contributed by atoms with Crippen molar-refractivity contribution in [3.63, 3.8) is 0 Å². The molecule has 2 rings (SSSR count). The van der Waals surface area contributed by atoms with Crippen LogP contribution in [0.5, 0.6) is 0 Å². The first kappa shape index (κ1) is 13.7. The molecule has 0 saturated carbocycles. The first-order valence-electron chi connectivity index (χ1n) is 6.19. The average molecular weight is 279 g/mol. The maximum absolute atomic E-state index is 12.0. The monoisotopic (exact) mass is 279 g/mol. The molecule has 0 radical (unpaired) electrons. The molecule has 1 aromatic rings. The van der Waals surface area contributed by atoms with Crippen LogP contribution in [0, 0.1) is 0 Å². The van der Waals surface area contributed by atoms with Crippen molar-refractivity contribution in [2.24, 2.45) is 5.73 Å². The SMILES string of the molecule is CN(CC(=O)N1CCCC1)c1nccc(C(N)=S)n1. The Kier molecular flexibility index (Phi) is 4.26. The van der Waals surface area contributed by atoms with Gasteiger partial charge >= 0.3 is 0 Å². The summed E-state index contributed by atoms with van der Waals surface area (Å²) in [6, 6.07) is 1.65. The van der Waals surface area contributed by atoms with E-state index in [0.29, 0.717) is 11.6 Å². The molecule has 1 aromatic heterocycles. The van der Waals surface area contributed by atoms with Crippen molar-refractivity contribution in [3.8, 4) is 0 Å². The molecule has 1 aliphatic heterocycles. The minimum atomic E-state index is 0.101. The van der Waals surface area contributed by atoms with Crippen molar-refractivity contribution < 1.29 is 4.79 Å². The van der Waals surface area contributed by atoms with E-state index in [1.165, 1.54) is 0 Å². The van der Waals surface area contributed by atoms with Crippen LogP contribution >= 0.6 is 12.2 Å². The Bertz CT molecular complexity index is 487. The Morgan fingerprint density at radius 2 is 2.21 bits per heavy atom. The van der Waals surface area contributed by atoms with Crippen molar-refractivity contribution in [2.45, 2.75) is 12.8 Å². The van der Waals surface area contributed by atoms with Crippen LogP contribution in [0.2, 0.25) is 0 Å². The summed E-state index contributed by atoms with van der Waals surface area (Å²) < 4.78 is 0. The third-order valence-electron chi connectivity index (χ3n) is 3.07. The number of hydrogen-bond donors (Lipinski definition) is 1. The van der Waals surface area contributed by atoms with E-state index in [2.05, 4.69) is 9.97 Å². The Labute approximate surface area is 117 Å². The number of nitrogens with zero attached hydrogens (tertiary/aromatic N) is 4. The minimum absolute atomic E-state index is 0.101. The zero-order chi connectivity index (χ0) is 13.8. The highest BCUT2D eigenvalue weighted by atomic mass is 32.1. The number of rotatable bonds is 4. The van der Waals surface area contributed by atoms with Gasteiger partial charge in [-0.15, -0.1) is 0 Å². The quantitative estimate of drug-likeness (QED) is 0.792. The predicted octanol–water partition coefficient (Wildman–Crippen LogP) is 0.169. The summed E-state index contributed by atoms with van der Waals surface area (Å²) in [5, 5.41) is 0. The van der Waals surface area contributed by atoms with Crippen molar-refractivity contribution in [1.82, 2.24) is 14.9 Å². The second kappa shape index (κ2) is 5.92. The number of carbonyl (C=O) groups excluding carboxylic acids is 1. The number of anilines is 1. The molecule has 0 atom stereocenters. The lowest BCUT2D eigenvalue weighted by atomic mass is 10.4. The Morgan fingerprint density at radius 1 is 1.53 bits per heavy atom. The van der Waals surface area contributed by atoms with Gasteiger partial charge in [0.2, 0.25) is 11.9 Å². The topological polar surface area (TPSA) is 75.4 Å².